The molecule has 11 heteroatoms. The van der Waals surface area contributed by atoms with Crippen LogP contribution in [0.2, 0.25) is 0 Å². The Balaban J connectivity index is 2.35. The lowest BCUT2D eigenvalue weighted by molar-refractivity contribution is -0.306. The van der Waals surface area contributed by atoms with Crippen molar-refractivity contribution < 1.29 is 49.3 Å². The molecule has 1 aliphatic rings. The molecule has 1 fully saturated rings. The van der Waals surface area contributed by atoms with Gasteiger partial charge in [-0.05, 0) is 12.8 Å². The Morgan fingerprint density at radius 3 is 1.32 bits per heavy atom. The summed E-state index contributed by atoms with van der Waals surface area (Å²) in [4.78, 5) is 13.1. The third-order valence-corrected chi connectivity index (χ3v) is 13.1. The summed E-state index contributed by atoms with van der Waals surface area (Å²) in [5.41, 5.74) is 0. The van der Waals surface area contributed by atoms with Crippen molar-refractivity contribution >= 4 is 5.91 Å². The van der Waals surface area contributed by atoms with Gasteiger partial charge in [0.25, 0.3) is 0 Å². The van der Waals surface area contributed by atoms with Gasteiger partial charge in [-0.1, -0.05) is 232 Å². The topological polar surface area (TPSA) is 167 Å². The average Bonchev–Trinajstić information content (AvgIpc) is 3.28. The first-order valence-corrected chi connectivity index (χ1v) is 26.8. The molecule has 1 heterocycles. The molecule has 0 aromatic heterocycles. The molecule has 6 N–H and O–H groups in total. The molecule has 1 rings (SSSR count). The van der Waals surface area contributed by atoms with E-state index in [4.69, 9.17) is 18.9 Å². The van der Waals surface area contributed by atoms with Crippen LogP contribution < -0.4 is 5.32 Å². The summed E-state index contributed by atoms with van der Waals surface area (Å²) in [7, 11) is 1.46. The molecule has 376 valence electrons. The molecule has 0 unspecified atom stereocenters. The number of rotatable bonds is 47. The van der Waals surface area contributed by atoms with E-state index in [-0.39, 0.29) is 25.9 Å². The van der Waals surface area contributed by atoms with Gasteiger partial charge in [0, 0.05) is 13.5 Å². The van der Waals surface area contributed by atoms with Gasteiger partial charge in [-0.2, -0.15) is 0 Å². The molecule has 0 aromatic rings. The Morgan fingerprint density at radius 2 is 0.921 bits per heavy atom. The Hall–Kier alpha value is -0.890. The molecule has 1 amide bonds. The third-order valence-electron chi connectivity index (χ3n) is 13.1. The van der Waals surface area contributed by atoms with E-state index in [1.165, 1.54) is 193 Å². The summed E-state index contributed by atoms with van der Waals surface area (Å²) in [6, 6.07) is -0.975. The lowest BCUT2D eigenvalue weighted by atomic mass is 9.98. The van der Waals surface area contributed by atoms with E-state index in [0.717, 1.165) is 38.5 Å². The number of methoxy groups -OCH3 is 1. The summed E-state index contributed by atoms with van der Waals surface area (Å²) in [5.74, 6) is -0.241. The van der Waals surface area contributed by atoms with Crippen LogP contribution >= 0.6 is 0 Å². The highest BCUT2D eigenvalue weighted by atomic mass is 16.7. The zero-order valence-corrected chi connectivity index (χ0v) is 41.2. The molecule has 0 spiro atoms. The standard InChI is InChI=1S/C52H103NO10/c1-4-6-8-10-12-14-16-18-19-20-21-22-23-24-25-26-27-28-30-32-34-36-38-40-47(55)53-44(41-62-52-51(59)50(58)49(57)46(63-52)42-61-43-60-3)48(56)45(54)39-37-35-33-31-29-17-15-13-11-9-7-5-2/h44-46,48-52,54,56-59H,4-43H2,1-3H3,(H,53,55)/t44-,45+,46+,48-,49-,50-,51+,52-/m0/s1. The van der Waals surface area contributed by atoms with Crippen molar-refractivity contribution in [1.29, 1.82) is 0 Å². The maximum atomic E-state index is 13.1. The molecule has 0 saturated carbocycles. The molecular weight excluding hydrogens is 799 g/mol. The zero-order chi connectivity index (χ0) is 46.0. The van der Waals surface area contributed by atoms with Crippen LogP contribution in [0.5, 0.6) is 0 Å². The van der Waals surface area contributed by atoms with Crippen molar-refractivity contribution in [2.45, 2.75) is 300 Å². The van der Waals surface area contributed by atoms with E-state index in [2.05, 4.69) is 19.2 Å². The predicted octanol–water partition coefficient (Wildman–Crippen LogP) is 11.1. The molecule has 8 atom stereocenters. The van der Waals surface area contributed by atoms with Gasteiger partial charge in [-0.15, -0.1) is 0 Å². The summed E-state index contributed by atoms with van der Waals surface area (Å²) in [6.45, 7) is 4.09. The first-order chi connectivity index (χ1) is 30.8. The number of aliphatic hydroxyl groups is 5. The zero-order valence-electron chi connectivity index (χ0n) is 41.2. The second kappa shape index (κ2) is 43.7. The second-order valence-electron chi connectivity index (χ2n) is 19.1. The van der Waals surface area contributed by atoms with Gasteiger partial charge in [-0.25, -0.2) is 0 Å². The minimum absolute atomic E-state index is 0.0479. The fraction of sp³-hybridized carbons (Fsp3) is 0.981. The van der Waals surface area contributed by atoms with Gasteiger partial charge in [0.2, 0.25) is 5.91 Å². The van der Waals surface area contributed by atoms with E-state index in [1.54, 1.807) is 0 Å². The molecule has 63 heavy (non-hydrogen) atoms. The van der Waals surface area contributed by atoms with Crippen LogP contribution in [0.15, 0.2) is 0 Å². The monoisotopic (exact) mass is 902 g/mol. The summed E-state index contributed by atoms with van der Waals surface area (Å²) in [5, 5.41) is 56.7. The van der Waals surface area contributed by atoms with Crippen molar-refractivity contribution in [3.63, 3.8) is 0 Å². The van der Waals surface area contributed by atoms with E-state index in [0.29, 0.717) is 12.8 Å². The summed E-state index contributed by atoms with van der Waals surface area (Å²) < 4.78 is 21.8. The summed E-state index contributed by atoms with van der Waals surface area (Å²) in [6.07, 6.45) is 35.9. The third kappa shape index (κ3) is 33.3. The molecule has 0 radical (unpaired) electrons. The quantitative estimate of drug-likeness (QED) is 0.0256. The Kier molecular flexibility index (Phi) is 41.7. The number of unbranched alkanes of at least 4 members (excludes halogenated alkanes) is 33. The number of carbonyl (C=O) groups is 1. The second-order valence-corrected chi connectivity index (χ2v) is 19.1. The lowest BCUT2D eigenvalue weighted by Crippen LogP contribution is -2.60. The van der Waals surface area contributed by atoms with Crippen LogP contribution in [0, 0.1) is 0 Å². The Labute approximate surface area is 386 Å². The number of hydrogen-bond donors (Lipinski definition) is 6. The van der Waals surface area contributed by atoms with Gasteiger partial charge in [0.15, 0.2) is 6.29 Å². The molecule has 0 aromatic carbocycles. The van der Waals surface area contributed by atoms with Gasteiger partial charge < -0.3 is 49.8 Å². The van der Waals surface area contributed by atoms with E-state index in [9.17, 15) is 30.3 Å². The lowest BCUT2D eigenvalue weighted by Gasteiger charge is -2.40. The number of hydrogen-bond acceptors (Lipinski definition) is 10. The van der Waals surface area contributed by atoms with Gasteiger partial charge in [0.1, 0.15) is 37.3 Å². The molecule has 0 aliphatic carbocycles. The molecule has 0 bridgehead atoms. The van der Waals surface area contributed by atoms with Crippen molar-refractivity contribution in [3.8, 4) is 0 Å². The maximum Gasteiger partial charge on any atom is 0.220 e. The van der Waals surface area contributed by atoms with Crippen LogP contribution in [0.4, 0.5) is 0 Å². The van der Waals surface area contributed by atoms with Crippen molar-refractivity contribution in [3.05, 3.63) is 0 Å². The highest BCUT2D eigenvalue weighted by Gasteiger charge is 2.45. The molecule has 11 nitrogen and oxygen atoms in total. The first-order valence-electron chi connectivity index (χ1n) is 26.8. The predicted molar refractivity (Wildman–Crippen MR) is 257 cm³/mol. The highest BCUT2D eigenvalue weighted by molar-refractivity contribution is 5.76. The first kappa shape index (κ1) is 60.1. The average molecular weight is 902 g/mol. The summed E-state index contributed by atoms with van der Waals surface area (Å²) >= 11 is 0. The Bertz CT molecular complexity index is 977. The molecule has 1 aliphatic heterocycles. The van der Waals surface area contributed by atoms with Crippen LogP contribution in [-0.4, -0.2) is 108 Å². The van der Waals surface area contributed by atoms with Crippen LogP contribution in [0.25, 0.3) is 0 Å². The normalized spacial score (nSPS) is 20.5. The fourth-order valence-electron chi connectivity index (χ4n) is 8.85. The van der Waals surface area contributed by atoms with Crippen LogP contribution in [0.1, 0.15) is 251 Å². The fourth-order valence-corrected chi connectivity index (χ4v) is 8.85. The highest BCUT2D eigenvalue weighted by Crippen LogP contribution is 2.24. The van der Waals surface area contributed by atoms with Crippen LogP contribution in [-0.2, 0) is 23.7 Å². The minimum atomic E-state index is -1.58. The number of carbonyl (C=O) groups excluding carboxylic acids is 1. The number of nitrogens with one attached hydrogen (secondary N) is 1. The van der Waals surface area contributed by atoms with Crippen LogP contribution in [0.3, 0.4) is 0 Å². The van der Waals surface area contributed by atoms with Gasteiger partial charge in [0.05, 0.1) is 25.4 Å². The SMILES string of the molecule is CCCCCCCCCCCCCCCCCCCCCCCCCC(=O)N[C@@H](CO[C@H]1O[C@H](COCOC)[C@H](O)[C@H](O)[C@H]1O)[C@H](O)[C@H](O)CCCCCCCCCCCCCC. The minimum Gasteiger partial charge on any atom is -0.390 e. The van der Waals surface area contributed by atoms with Gasteiger partial charge in [-0.3, -0.25) is 4.79 Å². The van der Waals surface area contributed by atoms with E-state index in [1.807, 2.05) is 0 Å². The van der Waals surface area contributed by atoms with Crippen molar-refractivity contribution in [2.75, 3.05) is 27.1 Å². The molecular formula is C52H103NO10. The number of ether oxygens (including phenoxy) is 4. The van der Waals surface area contributed by atoms with Crippen molar-refractivity contribution in [2.24, 2.45) is 0 Å². The van der Waals surface area contributed by atoms with E-state index < -0.39 is 49.0 Å². The maximum absolute atomic E-state index is 13.1. The smallest absolute Gasteiger partial charge is 0.220 e. The van der Waals surface area contributed by atoms with E-state index >= 15 is 0 Å². The molecule has 1 saturated heterocycles. The van der Waals surface area contributed by atoms with Crippen molar-refractivity contribution in [1.82, 2.24) is 5.32 Å². The number of aliphatic hydroxyl groups excluding tert-OH is 5. The van der Waals surface area contributed by atoms with Gasteiger partial charge >= 0.3 is 0 Å². The number of amides is 1. The Morgan fingerprint density at radius 1 is 0.540 bits per heavy atom. The largest absolute Gasteiger partial charge is 0.390 e.